The molecule has 4 rings (SSSR count). The summed E-state index contributed by atoms with van der Waals surface area (Å²) in [5, 5.41) is 3.04. The number of nitrogens with zero attached hydrogens (tertiary/aromatic N) is 5. The van der Waals surface area contributed by atoms with Crippen LogP contribution in [-0.2, 0) is 6.54 Å². The summed E-state index contributed by atoms with van der Waals surface area (Å²) in [5.41, 5.74) is 5.68. The zero-order chi connectivity index (χ0) is 32.5. The highest BCUT2D eigenvalue weighted by Crippen LogP contribution is 2.31. The lowest BCUT2D eigenvalue weighted by Gasteiger charge is -2.39. The van der Waals surface area contributed by atoms with Gasteiger partial charge in [-0.2, -0.15) is 0 Å². The van der Waals surface area contributed by atoms with Crippen LogP contribution in [0.15, 0.2) is 46.8 Å². The number of anilines is 1. The fourth-order valence-electron chi connectivity index (χ4n) is 6.46. The number of nitrogens with one attached hydrogen (secondary N) is 2. The van der Waals surface area contributed by atoms with E-state index in [9.17, 15) is 9.59 Å². The van der Waals surface area contributed by atoms with Gasteiger partial charge in [-0.1, -0.05) is 6.08 Å². The normalized spacial score (nSPS) is 17.2. The Labute approximate surface area is 269 Å². The third-order valence-electron chi connectivity index (χ3n) is 9.28. The van der Waals surface area contributed by atoms with E-state index in [-0.39, 0.29) is 18.0 Å². The molecule has 45 heavy (non-hydrogen) atoms. The number of carbonyl (C=O) groups excluding carboxylic acids is 1. The number of aromatic nitrogens is 1. The summed E-state index contributed by atoms with van der Waals surface area (Å²) >= 11 is 0. The quantitative estimate of drug-likeness (QED) is 0.216. The molecule has 2 aromatic rings. The number of piperazine rings is 1. The molecule has 0 unspecified atom stereocenters. The van der Waals surface area contributed by atoms with E-state index in [1.165, 1.54) is 0 Å². The van der Waals surface area contributed by atoms with Crippen LogP contribution in [0.1, 0.15) is 70.9 Å². The number of hydrogen-bond acceptors (Lipinski definition) is 6. The molecule has 0 spiro atoms. The molecule has 2 fully saturated rings. The van der Waals surface area contributed by atoms with Crippen molar-refractivity contribution >= 4 is 23.5 Å². The maximum Gasteiger partial charge on any atom is 0.253 e. The Balaban J connectivity index is 1.67. The van der Waals surface area contributed by atoms with Crippen LogP contribution in [0.5, 0.6) is 0 Å². The molecule has 1 amide bonds. The summed E-state index contributed by atoms with van der Waals surface area (Å²) in [5.74, 6) is 0.889. The third kappa shape index (κ3) is 8.95. The summed E-state index contributed by atoms with van der Waals surface area (Å²) < 4.78 is 0. The molecule has 0 bridgehead atoms. The van der Waals surface area contributed by atoms with E-state index in [0.717, 1.165) is 105 Å². The van der Waals surface area contributed by atoms with E-state index < -0.39 is 0 Å². The van der Waals surface area contributed by atoms with Gasteiger partial charge < -0.3 is 29.9 Å². The second kappa shape index (κ2) is 16.0. The number of aromatic amines is 1. The van der Waals surface area contributed by atoms with Crippen molar-refractivity contribution in [2.75, 3.05) is 64.8 Å². The van der Waals surface area contributed by atoms with Crippen molar-refractivity contribution in [2.24, 2.45) is 4.99 Å². The third-order valence-corrected chi connectivity index (χ3v) is 9.28. The molecule has 3 heterocycles. The Morgan fingerprint density at radius 3 is 2.40 bits per heavy atom. The maximum absolute atomic E-state index is 13.8. The lowest BCUT2D eigenvalue weighted by atomic mass is 9.97. The standard InChI is InChI=1S/C36H53N7O2/c1-8-10-11-34(42-20-18-41(7)19-21-42)37-15-12-29-23-31(35(44)38-25-32-26(3)22-27(4)39-36(32)45)28(5)33(24-29)43(9-2)30-13-16-40(6)17-14-30/h8,12,15,22-24,30H,1,9-11,13-14,16-21,25H2,2-7H3,(H,38,44)(H,39,45)/b15-12+,37-34?. The highest BCUT2D eigenvalue weighted by molar-refractivity contribution is 5.98. The molecule has 1 aromatic heterocycles. The lowest BCUT2D eigenvalue weighted by Crippen LogP contribution is -2.47. The first-order valence-corrected chi connectivity index (χ1v) is 16.5. The Morgan fingerprint density at radius 1 is 1.07 bits per heavy atom. The number of aryl methyl sites for hydroxylation is 2. The second-order valence-corrected chi connectivity index (χ2v) is 12.6. The molecular formula is C36H53N7O2. The number of benzene rings is 1. The van der Waals surface area contributed by atoms with Crippen LogP contribution < -0.4 is 15.8 Å². The van der Waals surface area contributed by atoms with Gasteiger partial charge in [0, 0.05) is 80.4 Å². The highest BCUT2D eigenvalue weighted by Gasteiger charge is 2.26. The fourth-order valence-corrected chi connectivity index (χ4v) is 6.46. The molecule has 0 aliphatic carbocycles. The maximum atomic E-state index is 13.8. The van der Waals surface area contributed by atoms with Gasteiger partial charge >= 0.3 is 0 Å². The zero-order valence-electron chi connectivity index (χ0n) is 28.3. The molecule has 2 N–H and O–H groups in total. The topological polar surface area (TPSA) is 87.3 Å². The van der Waals surface area contributed by atoms with Gasteiger partial charge in [-0.3, -0.25) is 9.59 Å². The van der Waals surface area contributed by atoms with E-state index in [0.29, 0.717) is 17.2 Å². The van der Waals surface area contributed by atoms with Gasteiger partial charge in [0.15, 0.2) is 0 Å². The van der Waals surface area contributed by atoms with Crippen LogP contribution in [0.2, 0.25) is 0 Å². The Hall–Kier alpha value is -3.69. The molecule has 0 radical (unpaired) electrons. The summed E-state index contributed by atoms with van der Waals surface area (Å²) in [6.07, 6.45) is 9.74. The van der Waals surface area contributed by atoms with Crippen LogP contribution in [-0.4, -0.2) is 97.4 Å². The number of likely N-dealkylation sites (tertiary alicyclic amines) is 1. The number of piperidine rings is 1. The first kappa shape index (κ1) is 34.2. The molecule has 244 valence electrons. The molecular weight excluding hydrogens is 562 g/mol. The lowest BCUT2D eigenvalue weighted by molar-refractivity contribution is 0.0950. The summed E-state index contributed by atoms with van der Waals surface area (Å²) in [6.45, 7) is 19.0. The van der Waals surface area contributed by atoms with E-state index in [1.807, 2.05) is 51.3 Å². The van der Waals surface area contributed by atoms with Crippen LogP contribution in [0.25, 0.3) is 6.08 Å². The van der Waals surface area contributed by atoms with E-state index in [2.05, 4.69) is 63.6 Å². The predicted octanol–water partition coefficient (Wildman–Crippen LogP) is 4.73. The van der Waals surface area contributed by atoms with Crippen LogP contribution in [0.4, 0.5) is 5.69 Å². The average molecular weight is 616 g/mol. The number of rotatable bonds is 11. The molecule has 0 atom stereocenters. The van der Waals surface area contributed by atoms with Crippen LogP contribution in [0.3, 0.4) is 0 Å². The SMILES string of the molecule is C=CCCC(=N/C=C/c1cc(C(=O)NCc2c(C)cc(C)[nH]c2=O)c(C)c(N(CC)C2CCN(C)CC2)c1)N1CCN(C)CC1. The van der Waals surface area contributed by atoms with Crippen molar-refractivity contribution in [1.82, 2.24) is 25.0 Å². The molecule has 1 aromatic carbocycles. The van der Waals surface area contributed by atoms with Crippen LogP contribution >= 0.6 is 0 Å². The number of allylic oxidation sites excluding steroid dienone is 1. The van der Waals surface area contributed by atoms with Gasteiger partial charge in [0.2, 0.25) is 0 Å². The summed E-state index contributed by atoms with van der Waals surface area (Å²) in [6, 6.07) is 6.50. The number of pyridine rings is 1. The molecule has 2 aliphatic rings. The van der Waals surface area contributed by atoms with Crippen molar-refractivity contribution in [2.45, 2.75) is 66.0 Å². The minimum absolute atomic E-state index is 0.160. The highest BCUT2D eigenvalue weighted by atomic mass is 16.1. The van der Waals surface area contributed by atoms with E-state index in [1.54, 1.807) is 0 Å². The van der Waals surface area contributed by atoms with Gasteiger partial charge in [-0.25, -0.2) is 4.99 Å². The number of H-pyrrole nitrogens is 1. The first-order chi connectivity index (χ1) is 21.6. The molecule has 2 saturated heterocycles. The van der Waals surface area contributed by atoms with E-state index in [4.69, 9.17) is 4.99 Å². The van der Waals surface area contributed by atoms with Gasteiger partial charge in [0.25, 0.3) is 11.5 Å². The van der Waals surface area contributed by atoms with Crippen molar-refractivity contribution < 1.29 is 4.79 Å². The monoisotopic (exact) mass is 615 g/mol. The Morgan fingerprint density at radius 2 is 1.76 bits per heavy atom. The van der Waals surface area contributed by atoms with Crippen molar-refractivity contribution in [3.05, 3.63) is 80.9 Å². The largest absolute Gasteiger partial charge is 0.368 e. The number of hydrogen-bond donors (Lipinski definition) is 2. The number of likely N-dealkylation sites (N-methyl/N-ethyl adjacent to an activating group) is 1. The number of amides is 1. The smallest absolute Gasteiger partial charge is 0.253 e. The second-order valence-electron chi connectivity index (χ2n) is 12.6. The number of amidine groups is 1. The van der Waals surface area contributed by atoms with Gasteiger partial charge in [0.05, 0.1) is 0 Å². The summed E-state index contributed by atoms with van der Waals surface area (Å²) in [7, 11) is 4.34. The predicted molar refractivity (Wildman–Crippen MR) is 187 cm³/mol. The van der Waals surface area contributed by atoms with Gasteiger partial charge in [-0.05, 0) is 115 Å². The van der Waals surface area contributed by atoms with Gasteiger partial charge in [-0.15, -0.1) is 6.58 Å². The van der Waals surface area contributed by atoms with Crippen LogP contribution in [0, 0.1) is 20.8 Å². The number of carbonyl (C=O) groups is 1. The molecule has 9 nitrogen and oxygen atoms in total. The first-order valence-electron chi connectivity index (χ1n) is 16.5. The molecule has 9 heteroatoms. The van der Waals surface area contributed by atoms with Crippen molar-refractivity contribution in [3.63, 3.8) is 0 Å². The fraction of sp³-hybridized carbons (Fsp3) is 0.528. The van der Waals surface area contributed by atoms with E-state index >= 15 is 0 Å². The van der Waals surface area contributed by atoms with Crippen molar-refractivity contribution in [3.8, 4) is 0 Å². The Kier molecular flexibility index (Phi) is 12.2. The number of aliphatic imine (C=N–C) groups is 1. The minimum Gasteiger partial charge on any atom is -0.368 e. The molecule has 0 saturated carbocycles. The zero-order valence-corrected chi connectivity index (χ0v) is 28.3. The summed E-state index contributed by atoms with van der Waals surface area (Å²) in [4.78, 5) is 43.8. The van der Waals surface area contributed by atoms with Gasteiger partial charge in [0.1, 0.15) is 5.84 Å². The Bertz CT molecular complexity index is 1440. The molecule has 2 aliphatic heterocycles. The van der Waals surface area contributed by atoms with Crippen molar-refractivity contribution in [1.29, 1.82) is 0 Å². The minimum atomic E-state index is -0.185. The average Bonchev–Trinajstić information content (AvgIpc) is 3.01.